The number of hydrogen-bond donors (Lipinski definition) is 0. The van der Waals surface area contributed by atoms with E-state index in [0.717, 1.165) is 20.9 Å². The number of rotatable bonds is 8. The average molecular weight is 479 g/mol. The van der Waals surface area contributed by atoms with E-state index in [9.17, 15) is 9.59 Å². The van der Waals surface area contributed by atoms with Gasteiger partial charge >= 0.3 is 11.9 Å². The van der Waals surface area contributed by atoms with Crippen LogP contribution in [0.2, 0.25) is 0 Å². The molecule has 0 spiro atoms. The molecule has 0 atom stereocenters. The molecule has 0 saturated heterocycles. The minimum absolute atomic E-state index is 0.432. The van der Waals surface area contributed by atoms with Crippen molar-refractivity contribution in [3.05, 3.63) is 132 Å². The molecule has 4 rings (SSSR count). The van der Waals surface area contributed by atoms with Gasteiger partial charge in [-0.2, -0.15) is 0 Å². The summed E-state index contributed by atoms with van der Waals surface area (Å²) in [7, 11) is 0. The summed E-state index contributed by atoms with van der Waals surface area (Å²) in [5, 5.41) is 0. The summed E-state index contributed by atoms with van der Waals surface area (Å²) in [6.45, 7) is 0. The minimum Gasteiger partial charge on any atom is -0.423 e. The molecule has 4 aromatic rings. The van der Waals surface area contributed by atoms with Crippen LogP contribution in [-0.2, 0) is 9.59 Å². The predicted octanol–water partition coefficient (Wildman–Crippen LogP) is 7.08. The van der Waals surface area contributed by atoms with Crippen molar-refractivity contribution in [2.75, 3.05) is 0 Å². The van der Waals surface area contributed by atoms with Crippen LogP contribution in [0.25, 0.3) is 12.2 Å². The maximum absolute atomic E-state index is 12.0. The molecule has 5 heteroatoms. The van der Waals surface area contributed by atoms with Gasteiger partial charge in [-0.25, -0.2) is 9.59 Å². The smallest absolute Gasteiger partial charge is 0.336 e. The van der Waals surface area contributed by atoms with Gasteiger partial charge in [-0.05, 0) is 71.8 Å². The molecule has 0 aliphatic heterocycles. The van der Waals surface area contributed by atoms with Crippen LogP contribution in [0, 0.1) is 0 Å². The molecule has 0 amide bonds. The lowest BCUT2D eigenvalue weighted by atomic mass is 10.2. The van der Waals surface area contributed by atoms with E-state index in [1.807, 2.05) is 84.9 Å². The lowest BCUT2D eigenvalue weighted by Gasteiger charge is -2.06. The molecule has 4 nitrogen and oxygen atoms in total. The van der Waals surface area contributed by atoms with Crippen molar-refractivity contribution in [3.8, 4) is 11.5 Å². The zero-order valence-electron chi connectivity index (χ0n) is 18.7. The van der Waals surface area contributed by atoms with E-state index in [4.69, 9.17) is 9.47 Å². The molecule has 0 heterocycles. The predicted molar refractivity (Wildman–Crippen MR) is 139 cm³/mol. The van der Waals surface area contributed by atoms with Crippen LogP contribution in [0.4, 0.5) is 0 Å². The Kier molecular flexibility index (Phi) is 8.30. The Balaban J connectivity index is 1.27. The van der Waals surface area contributed by atoms with Gasteiger partial charge in [-0.15, -0.1) is 0 Å². The standard InChI is InChI=1S/C30H22O4S/c31-29(21-11-23-7-3-1-4-8-23)33-25-13-17-27(18-14-25)35-28-19-15-26(16-20-28)34-30(32)22-12-24-9-5-2-6-10-24/h1-22H/b21-11+,22-12+. The Morgan fingerprint density at radius 3 is 1.26 bits per heavy atom. The first-order valence-corrected chi connectivity index (χ1v) is 11.7. The van der Waals surface area contributed by atoms with Gasteiger partial charge in [0.15, 0.2) is 0 Å². The first kappa shape index (κ1) is 23.8. The van der Waals surface area contributed by atoms with E-state index < -0.39 is 11.9 Å². The van der Waals surface area contributed by atoms with Crippen LogP contribution >= 0.6 is 11.8 Å². The highest BCUT2D eigenvalue weighted by atomic mass is 32.2. The fourth-order valence-corrected chi connectivity index (χ4v) is 3.86. The number of hydrogen-bond acceptors (Lipinski definition) is 5. The van der Waals surface area contributed by atoms with Gasteiger partial charge in [-0.1, -0.05) is 72.4 Å². The second-order valence-electron chi connectivity index (χ2n) is 7.38. The Hall–Kier alpha value is -4.35. The number of esters is 2. The van der Waals surface area contributed by atoms with E-state index in [2.05, 4.69) is 0 Å². The van der Waals surface area contributed by atoms with Crippen molar-refractivity contribution in [3.63, 3.8) is 0 Å². The van der Waals surface area contributed by atoms with Crippen molar-refractivity contribution in [2.24, 2.45) is 0 Å². The number of benzene rings is 4. The van der Waals surface area contributed by atoms with Crippen molar-refractivity contribution >= 4 is 35.9 Å². The molecule has 0 aliphatic rings. The third-order valence-electron chi connectivity index (χ3n) is 4.74. The van der Waals surface area contributed by atoms with Crippen LogP contribution in [0.3, 0.4) is 0 Å². The summed E-state index contributed by atoms with van der Waals surface area (Å²) in [6, 6.07) is 33.7. The van der Waals surface area contributed by atoms with Crippen molar-refractivity contribution < 1.29 is 19.1 Å². The summed E-state index contributed by atoms with van der Waals surface area (Å²) >= 11 is 1.55. The maximum atomic E-state index is 12.0. The Morgan fingerprint density at radius 1 is 0.514 bits per heavy atom. The molecule has 0 unspecified atom stereocenters. The van der Waals surface area contributed by atoms with Gasteiger partial charge in [0.05, 0.1) is 0 Å². The first-order valence-electron chi connectivity index (χ1n) is 10.9. The number of ether oxygens (including phenoxy) is 2. The first-order chi connectivity index (χ1) is 17.1. The van der Waals surface area contributed by atoms with Gasteiger partial charge in [0.1, 0.15) is 11.5 Å². The monoisotopic (exact) mass is 478 g/mol. The largest absolute Gasteiger partial charge is 0.423 e. The molecular formula is C30H22O4S. The highest BCUT2D eigenvalue weighted by Gasteiger charge is 2.04. The summed E-state index contributed by atoms with van der Waals surface area (Å²) in [5.74, 6) is 0.0850. The number of carbonyl (C=O) groups excluding carboxylic acids is 2. The van der Waals surface area contributed by atoms with Gasteiger partial charge in [0, 0.05) is 21.9 Å². The van der Waals surface area contributed by atoms with E-state index >= 15 is 0 Å². The quantitative estimate of drug-likeness (QED) is 0.154. The van der Waals surface area contributed by atoms with Gasteiger partial charge in [0.25, 0.3) is 0 Å². The third kappa shape index (κ3) is 7.88. The lowest BCUT2D eigenvalue weighted by Crippen LogP contribution is -2.03. The Morgan fingerprint density at radius 2 is 0.886 bits per heavy atom. The molecule has 0 saturated carbocycles. The summed E-state index contributed by atoms with van der Waals surface area (Å²) in [5.41, 5.74) is 1.86. The average Bonchev–Trinajstić information content (AvgIpc) is 2.90. The molecule has 4 aromatic carbocycles. The van der Waals surface area contributed by atoms with Crippen LogP contribution < -0.4 is 9.47 Å². The molecule has 35 heavy (non-hydrogen) atoms. The van der Waals surface area contributed by atoms with Gasteiger partial charge < -0.3 is 9.47 Å². The van der Waals surface area contributed by atoms with Crippen LogP contribution in [0.1, 0.15) is 11.1 Å². The zero-order chi connectivity index (χ0) is 24.3. The molecular weight excluding hydrogens is 456 g/mol. The van der Waals surface area contributed by atoms with Gasteiger partial charge in [-0.3, -0.25) is 0 Å². The molecule has 0 radical (unpaired) electrons. The third-order valence-corrected chi connectivity index (χ3v) is 5.76. The normalized spacial score (nSPS) is 11.0. The Bertz CT molecular complexity index is 1210. The highest BCUT2D eigenvalue weighted by molar-refractivity contribution is 7.99. The van der Waals surface area contributed by atoms with Crippen LogP contribution in [0.5, 0.6) is 11.5 Å². The van der Waals surface area contributed by atoms with Crippen LogP contribution in [-0.4, -0.2) is 11.9 Å². The second-order valence-corrected chi connectivity index (χ2v) is 8.52. The summed E-state index contributed by atoms with van der Waals surface area (Å²) in [6.07, 6.45) is 6.24. The van der Waals surface area contributed by atoms with Gasteiger partial charge in [0.2, 0.25) is 0 Å². The van der Waals surface area contributed by atoms with E-state index in [0.29, 0.717) is 11.5 Å². The maximum Gasteiger partial charge on any atom is 0.336 e. The molecule has 0 N–H and O–H groups in total. The highest BCUT2D eigenvalue weighted by Crippen LogP contribution is 2.30. The van der Waals surface area contributed by atoms with E-state index in [-0.39, 0.29) is 0 Å². The summed E-state index contributed by atoms with van der Waals surface area (Å²) < 4.78 is 10.7. The number of carbonyl (C=O) groups is 2. The van der Waals surface area contributed by atoms with Crippen molar-refractivity contribution in [1.29, 1.82) is 0 Å². The molecule has 0 aliphatic carbocycles. The molecule has 0 aromatic heterocycles. The topological polar surface area (TPSA) is 52.6 Å². The van der Waals surface area contributed by atoms with Crippen molar-refractivity contribution in [1.82, 2.24) is 0 Å². The molecule has 0 bridgehead atoms. The van der Waals surface area contributed by atoms with Crippen molar-refractivity contribution in [2.45, 2.75) is 9.79 Å². The fraction of sp³-hybridized carbons (Fsp3) is 0. The molecule has 172 valence electrons. The molecule has 0 fully saturated rings. The second kappa shape index (κ2) is 12.2. The summed E-state index contributed by atoms with van der Waals surface area (Å²) in [4.78, 5) is 26.0. The minimum atomic E-state index is -0.432. The van der Waals surface area contributed by atoms with E-state index in [1.54, 1.807) is 48.2 Å². The zero-order valence-corrected chi connectivity index (χ0v) is 19.6. The van der Waals surface area contributed by atoms with Crippen LogP contribution in [0.15, 0.2) is 131 Å². The van der Waals surface area contributed by atoms with E-state index in [1.165, 1.54) is 12.2 Å². The Labute approximate surface area is 208 Å². The SMILES string of the molecule is O=C(/C=C/c1ccccc1)Oc1ccc(Sc2ccc(OC(=O)/C=C/c3ccccc3)cc2)cc1. The fourth-order valence-electron chi connectivity index (χ4n) is 3.04. The lowest BCUT2D eigenvalue weighted by molar-refractivity contribution is -0.129.